The molecule has 1 aromatic heterocycles. The van der Waals surface area contributed by atoms with Crippen LogP contribution >= 0.6 is 0 Å². The number of nitrogens with zero attached hydrogens (tertiary/aromatic N) is 3. The second-order valence-corrected chi connectivity index (χ2v) is 7.71. The Morgan fingerprint density at radius 1 is 1.29 bits per heavy atom. The third-order valence-corrected chi connectivity index (χ3v) is 5.39. The lowest BCUT2D eigenvalue weighted by Crippen LogP contribution is -2.41. The predicted molar refractivity (Wildman–Crippen MR) is 104 cm³/mol. The number of carbonyl (C=O) groups excluding carboxylic acids is 2. The van der Waals surface area contributed by atoms with Crippen molar-refractivity contribution in [3.05, 3.63) is 17.5 Å². The van der Waals surface area contributed by atoms with Crippen LogP contribution in [0.15, 0.2) is 10.6 Å². The molecule has 0 saturated carbocycles. The van der Waals surface area contributed by atoms with Gasteiger partial charge in [-0.2, -0.15) is 0 Å². The molecule has 0 spiro atoms. The van der Waals surface area contributed by atoms with Crippen LogP contribution in [0.25, 0.3) is 0 Å². The molecule has 2 aliphatic heterocycles. The van der Waals surface area contributed by atoms with Gasteiger partial charge in [0.25, 0.3) is 5.91 Å². The third-order valence-electron chi connectivity index (χ3n) is 5.39. The van der Waals surface area contributed by atoms with Crippen molar-refractivity contribution >= 4 is 11.8 Å². The van der Waals surface area contributed by atoms with E-state index in [1.165, 1.54) is 19.3 Å². The number of carbonyl (C=O) groups is 2. The average Bonchev–Trinajstić information content (AvgIpc) is 3.37. The van der Waals surface area contributed by atoms with E-state index in [4.69, 9.17) is 9.26 Å². The highest BCUT2D eigenvalue weighted by atomic mass is 16.5. The van der Waals surface area contributed by atoms with Crippen molar-refractivity contribution in [3.8, 4) is 0 Å². The van der Waals surface area contributed by atoms with E-state index < -0.39 is 0 Å². The topological polar surface area (TPSA) is 87.9 Å². The van der Waals surface area contributed by atoms with Crippen molar-refractivity contribution in [2.75, 3.05) is 45.9 Å². The smallest absolute Gasteiger partial charge is 0.276 e. The van der Waals surface area contributed by atoms with Crippen LogP contribution < -0.4 is 5.32 Å². The van der Waals surface area contributed by atoms with Crippen LogP contribution in [-0.4, -0.2) is 78.8 Å². The van der Waals surface area contributed by atoms with Gasteiger partial charge in [0.1, 0.15) is 5.76 Å². The second kappa shape index (κ2) is 10.6. The fourth-order valence-corrected chi connectivity index (χ4v) is 3.80. The van der Waals surface area contributed by atoms with Gasteiger partial charge in [0.15, 0.2) is 5.69 Å². The molecule has 8 heteroatoms. The zero-order valence-electron chi connectivity index (χ0n) is 16.8. The number of nitrogens with one attached hydrogen (secondary N) is 1. The van der Waals surface area contributed by atoms with Gasteiger partial charge in [0.2, 0.25) is 5.91 Å². The quantitative estimate of drug-likeness (QED) is 0.687. The van der Waals surface area contributed by atoms with E-state index >= 15 is 0 Å². The van der Waals surface area contributed by atoms with Crippen molar-refractivity contribution < 1.29 is 18.8 Å². The average molecular weight is 393 g/mol. The van der Waals surface area contributed by atoms with Gasteiger partial charge < -0.3 is 24.4 Å². The number of ether oxygens (including phenoxy) is 1. The van der Waals surface area contributed by atoms with E-state index in [0.29, 0.717) is 25.4 Å². The highest BCUT2D eigenvalue weighted by Gasteiger charge is 2.25. The van der Waals surface area contributed by atoms with Crippen molar-refractivity contribution in [2.24, 2.45) is 0 Å². The summed E-state index contributed by atoms with van der Waals surface area (Å²) in [5.41, 5.74) is 0.279. The number of amides is 2. The van der Waals surface area contributed by atoms with Crippen LogP contribution in [0.2, 0.25) is 0 Å². The van der Waals surface area contributed by atoms with E-state index in [1.807, 2.05) is 0 Å². The molecule has 1 unspecified atom stereocenters. The number of aromatic nitrogens is 1. The first-order chi connectivity index (χ1) is 13.6. The highest BCUT2D eigenvalue weighted by Crippen LogP contribution is 2.15. The van der Waals surface area contributed by atoms with Crippen LogP contribution in [-0.2, 0) is 9.53 Å². The van der Waals surface area contributed by atoms with Gasteiger partial charge in [-0.1, -0.05) is 11.6 Å². The molecule has 1 aromatic rings. The molecule has 0 aromatic carbocycles. The molecule has 3 rings (SSSR count). The van der Waals surface area contributed by atoms with E-state index in [-0.39, 0.29) is 30.0 Å². The third kappa shape index (κ3) is 6.31. The van der Waals surface area contributed by atoms with Crippen molar-refractivity contribution in [1.29, 1.82) is 0 Å². The zero-order chi connectivity index (χ0) is 19.8. The molecule has 8 nitrogen and oxygen atoms in total. The molecule has 2 aliphatic rings. The Balaban J connectivity index is 1.45. The van der Waals surface area contributed by atoms with Crippen molar-refractivity contribution in [2.45, 2.75) is 51.6 Å². The van der Waals surface area contributed by atoms with Crippen molar-refractivity contribution in [3.63, 3.8) is 0 Å². The molecule has 2 fully saturated rings. The molecule has 1 N–H and O–H groups in total. The summed E-state index contributed by atoms with van der Waals surface area (Å²) in [6.45, 7) is 7.10. The van der Waals surface area contributed by atoms with E-state index in [0.717, 1.165) is 39.1 Å². The summed E-state index contributed by atoms with van der Waals surface area (Å²) in [6, 6.07) is 1.63. The molecule has 28 heavy (non-hydrogen) atoms. The maximum atomic E-state index is 12.8. The first kappa shape index (κ1) is 20.8. The molecule has 0 bridgehead atoms. The number of piperidine rings is 1. The molecule has 0 radical (unpaired) electrons. The summed E-state index contributed by atoms with van der Waals surface area (Å²) >= 11 is 0. The highest BCUT2D eigenvalue weighted by molar-refractivity contribution is 5.92. The Morgan fingerprint density at radius 2 is 2.11 bits per heavy atom. The molecule has 1 atom stereocenters. The van der Waals surface area contributed by atoms with Gasteiger partial charge in [0, 0.05) is 45.3 Å². The van der Waals surface area contributed by atoms with E-state index in [1.54, 1.807) is 17.9 Å². The summed E-state index contributed by atoms with van der Waals surface area (Å²) in [4.78, 5) is 29.1. The fourth-order valence-electron chi connectivity index (χ4n) is 3.80. The summed E-state index contributed by atoms with van der Waals surface area (Å²) in [5, 5.41) is 6.80. The van der Waals surface area contributed by atoms with Crippen LogP contribution in [0.5, 0.6) is 0 Å². The largest absolute Gasteiger partial charge is 0.376 e. The Bertz CT molecular complexity index is 636. The minimum atomic E-state index is -0.214. The van der Waals surface area contributed by atoms with Crippen molar-refractivity contribution in [1.82, 2.24) is 20.3 Å². The Labute approximate surface area is 166 Å². The lowest BCUT2D eigenvalue weighted by atomic mass is 10.1. The monoisotopic (exact) mass is 392 g/mol. The van der Waals surface area contributed by atoms with Gasteiger partial charge in [-0.3, -0.25) is 9.59 Å². The summed E-state index contributed by atoms with van der Waals surface area (Å²) in [6.07, 6.45) is 6.04. The minimum Gasteiger partial charge on any atom is -0.376 e. The molecule has 0 aliphatic carbocycles. The fraction of sp³-hybridized carbons (Fsp3) is 0.750. The van der Waals surface area contributed by atoms with E-state index in [2.05, 4.69) is 15.4 Å². The Morgan fingerprint density at radius 3 is 2.79 bits per heavy atom. The SMILES string of the molecule is Cc1cc(C(=O)N(CCC(=O)NCCN2CCCCC2)CC2CCCO2)no1. The standard InChI is InChI=1S/C20H32N4O4/c1-16-14-18(22-28-16)20(26)24(15-17-6-5-13-27-17)11-7-19(25)21-8-12-23-9-3-2-4-10-23/h14,17H,2-13,15H2,1H3,(H,21,25). The van der Waals surface area contributed by atoms with Crippen LogP contribution in [0, 0.1) is 6.92 Å². The number of hydrogen-bond acceptors (Lipinski definition) is 6. The van der Waals surface area contributed by atoms with Crippen LogP contribution in [0.4, 0.5) is 0 Å². The van der Waals surface area contributed by atoms with Gasteiger partial charge >= 0.3 is 0 Å². The molecule has 2 amide bonds. The number of aryl methyl sites for hydroxylation is 1. The molecule has 156 valence electrons. The Kier molecular flexibility index (Phi) is 7.85. The lowest BCUT2D eigenvalue weighted by Gasteiger charge is -2.26. The maximum absolute atomic E-state index is 12.8. The minimum absolute atomic E-state index is 0.0270. The zero-order valence-corrected chi connectivity index (χ0v) is 16.8. The maximum Gasteiger partial charge on any atom is 0.276 e. The first-order valence-electron chi connectivity index (χ1n) is 10.4. The summed E-state index contributed by atoms with van der Waals surface area (Å²) < 4.78 is 10.7. The lowest BCUT2D eigenvalue weighted by molar-refractivity contribution is -0.121. The number of rotatable bonds is 9. The van der Waals surface area contributed by atoms with E-state index in [9.17, 15) is 9.59 Å². The van der Waals surface area contributed by atoms with Gasteiger partial charge in [0.05, 0.1) is 6.10 Å². The summed E-state index contributed by atoms with van der Waals surface area (Å²) in [5.74, 6) is 0.350. The number of likely N-dealkylation sites (tertiary alicyclic amines) is 1. The second-order valence-electron chi connectivity index (χ2n) is 7.71. The van der Waals surface area contributed by atoms with Crippen LogP contribution in [0.1, 0.15) is 54.8 Å². The van der Waals surface area contributed by atoms with Gasteiger partial charge in [-0.05, 0) is 45.7 Å². The van der Waals surface area contributed by atoms with Crippen LogP contribution in [0.3, 0.4) is 0 Å². The normalized spacial score (nSPS) is 20.2. The Hall–Kier alpha value is -1.93. The number of hydrogen-bond donors (Lipinski definition) is 1. The molecule has 2 saturated heterocycles. The van der Waals surface area contributed by atoms with Gasteiger partial charge in [-0.25, -0.2) is 0 Å². The first-order valence-corrected chi connectivity index (χ1v) is 10.4. The molecule has 3 heterocycles. The van der Waals surface area contributed by atoms with Gasteiger partial charge in [-0.15, -0.1) is 0 Å². The summed E-state index contributed by atoms with van der Waals surface area (Å²) in [7, 11) is 0. The molecular weight excluding hydrogens is 360 g/mol. The molecular formula is C20H32N4O4. The predicted octanol–water partition coefficient (Wildman–Crippen LogP) is 1.60.